The highest BCUT2D eigenvalue weighted by Gasteiger charge is 2.50. The van der Waals surface area contributed by atoms with Gasteiger partial charge in [-0.25, -0.2) is 4.90 Å². The van der Waals surface area contributed by atoms with Crippen LogP contribution in [0.5, 0.6) is 0 Å². The highest BCUT2D eigenvalue weighted by molar-refractivity contribution is 6.30. The normalized spacial score (nSPS) is 22.2. The van der Waals surface area contributed by atoms with E-state index < -0.39 is 5.72 Å². The second kappa shape index (κ2) is 6.61. The van der Waals surface area contributed by atoms with E-state index in [1.165, 1.54) is 11.0 Å². The van der Waals surface area contributed by atoms with E-state index in [1.807, 2.05) is 30.3 Å². The van der Waals surface area contributed by atoms with E-state index in [0.29, 0.717) is 22.6 Å². The Kier molecular flexibility index (Phi) is 4.28. The number of aliphatic hydroxyl groups is 1. The minimum absolute atomic E-state index is 0.173. The van der Waals surface area contributed by atoms with E-state index in [4.69, 9.17) is 21.4 Å². The third-order valence-electron chi connectivity index (χ3n) is 4.46. The van der Waals surface area contributed by atoms with Crippen LogP contribution in [-0.4, -0.2) is 22.5 Å². The zero-order valence-corrected chi connectivity index (χ0v) is 14.5. The van der Waals surface area contributed by atoms with Gasteiger partial charge in [0, 0.05) is 22.7 Å². The quantitative estimate of drug-likeness (QED) is 0.840. The first-order chi connectivity index (χ1) is 12.6. The maximum atomic E-state index is 12.7. The second-order valence-electron chi connectivity index (χ2n) is 6.09. The van der Waals surface area contributed by atoms with Crippen molar-refractivity contribution in [2.75, 3.05) is 6.61 Å². The van der Waals surface area contributed by atoms with E-state index >= 15 is 0 Å². The number of rotatable bonds is 4. The van der Waals surface area contributed by atoms with Gasteiger partial charge < -0.3 is 9.99 Å². The number of carbonyl (C=O) groups excluding carboxylic acids is 1. The number of benzene rings is 2. The molecular formula is C20H16ClNO4. The zero-order valence-electron chi connectivity index (χ0n) is 13.8. The molecule has 0 aromatic heterocycles. The zero-order chi connectivity index (χ0) is 18.1. The average molecular weight is 370 g/mol. The summed E-state index contributed by atoms with van der Waals surface area (Å²) in [6.45, 7) is 0.212. The van der Waals surface area contributed by atoms with Crippen molar-refractivity contribution in [3.05, 3.63) is 94.4 Å². The average Bonchev–Trinajstić information content (AvgIpc) is 3.24. The summed E-state index contributed by atoms with van der Waals surface area (Å²) in [4.78, 5) is 23.9. The number of halogens is 1. The largest absolute Gasteiger partial charge is 0.363 e. The molecule has 2 aromatic carbocycles. The van der Waals surface area contributed by atoms with Crippen LogP contribution in [0.15, 0.2) is 78.2 Å². The van der Waals surface area contributed by atoms with Crippen LogP contribution < -0.4 is 0 Å². The van der Waals surface area contributed by atoms with Gasteiger partial charge in [-0.15, -0.1) is 0 Å². The Morgan fingerprint density at radius 2 is 1.85 bits per heavy atom. The fourth-order valence-electron chi connectivity index (χ4n) is 3.23. The molecule has 132 valence electrons. The lowest BCUT2D eigenvalue weighted by Crippen LogP contribution is -2.45. The van der Waals surface area contributed by atoms with Gasteiger partial charge in [0.05, 0.1) is 0 Å². The lowest BCUT2D eigenvalue weighted by Gasteiger charge is -2.36. The SMILES string of the molecule is O=C1C=C(Cc2ccccc2)C(O)(c2ccc(Cl)cc2)N1C1=CCOO1. The van der Waals surface area contributed by atoms with Gasteiger partial charge in [0.25, 0.3) is 5.91 Å². The molecule has 0 saturated heterocycles. The van der Waals surface area contributed by atoms with Crippen molar-refractivity contribution in [2.45, 2.75) is 12.1 Å². The van der Waals surface area contributed by atoms with Crippen molar-refractivity contribution in [3.63, 3.8) is 0 Å². The molecule has 0 radical (unpaired) electrons. The van der Waals surface area contributed by atoms with Crippen LogP contribution >= 0.6 is 11.6 Å². The Hall–Kier alpha value is -2.60. The minimum Gasteiger partial charge on any atom is -0.363 e. The third kappa shape index (κ3) is 2.80. The Bertz CT molecular complexity index is 892. The third-order valence-corrected chi connectivity index (χ3v) is 4.72. The van der Waals surface area contributed by atoms with Crippen LogP contribution in [-0.2, 0) is 26.7 Å². The Labute approximate surface area is 155 Å². The first kappa shape index (κ1) is 16.8. The van der Waals surface area contributed by atoms with E-state index in [1.54, 1.807) is 30.3 Å². The van der Waals surface area contributed by atoms with E-state index in [0.717, 1.165) is 5.56 Å². The highest BCUT2D eigenvalue weighted by Crippen LogP contribution is 2.43. The van der Waals surface area contributed by atoms with E-state index in [9.17, 15) is 9.90 Å². The standard InChI is InChI=1S/C20H16ClNO4/c21-17-8-6-15(7-9-17)20(24)16(12-14-4-2-1-3-5-14)13-18(23)22(20)19-10-11-25-26-19/h1-10,13,24H,11-12H2. The predicted octanol–water partition coefficient (Wildman–Crippen LogP) is 3.30. The van der Waals surface area contributed by atoms with Gasteiger partial charge >= 0.3 is 0 Å². The summed E-state index contributed by atoms with van der Waals surface area (Å²) in [6.07, 6.45) is 3.47. The van der Waals surface area contributed by atoms with E-state index in [2.05, 4.69) is 0 Å². The van der Waals surface area contributed by atoms with Crippen LogP contribution in [0, 0.1) is 0 Å². The van der Waals surface area contributed by atoms with Gasteiger partial charge in [-0.3, -0.25) is 4.79 Å². The van der Waals surface area contributed by atoms with Crippen LogP contribution in [0.4, 0.5) is 0 Å². The summed E-state index contributed by atoms with van der Waals surface area (Å²) in [7, 11) is 0. The van der Waals surface area contributed by atoms with Gasteiger partial charge in [-0.05, 0) is 29.7 Å². The molecule has 5 nitrogen and oxygen atoms in total. The topological polar surface area (TPSA) is 59.0 Å². The Morgan fingerprint density at radius 1 is 1.12 bits per heavy atom. The lowest BCUT2D eigenvalue weighted by molar-refractivity contribution is -0.259. The molecule has 6 heteroatoms. The van der Waals surface area contributed by atoms with Crippen molar-refractivity contribution >= 4 is 17.5 Å². The van der Waals surface area contributed by atoms with Gasteiger partial charge in [0.2, 0.25) is 5.88 Å². The van der Waals surface area contributed by atoms with Crippen molar-refractivity contribution < 1.29 is 19.7 Å². The molecule has 26 heavy (non-hydrogen) atoms. The summed E-state index contributed by atoms with van der Waals surface area (Å²) in [5.74, 6) is -0.197. The van der Waals surface area contributed by atoms with Crippen molar-refractivity contribution in [1.82, 2.24) is 4.90 Å². The number of hydrogen-bond donors (Lipinski definition) is 1. The summed E-state index contributed by atoms with van der Waals surface area (Å²) in [5.41, 5.74) is 0.369. The first-order valence-electron chi connectivity index (χ1n) is 8.16. The van der Waals surface area contributed by atoms with Crippen molar-refractivity contribution in [2.24, 2.45) is 0 Å². The molecule has 0 fully saturated rings. The summed E-state index contributed by atoms with van der Waals surface area (Å²) >= 11 is 5.99. The van der Waals surface area contributed by atoms with Gasteiger partial charge in [-0.2, -0.15) is 4.89 Å². The Balaban J connectivity index is 1.80. The molecule has 2 aliphatic heterocycles. The fraction of sp³-hybridized carbons (Fsp3) is 0.150. The number of nitrogens with zero attached hydrogens (tertiary/aromatic N) is 1. The van der Waals surface area contributed by atoms with Crippen LogP contribution in [0.1, 0.15) is 11.1 Å². The molecule has 1 amide bonds. The molecule has 4 rings (SSSR count). The molecule has 1 atom stereocenters. The minimum atomic E-state index is -1.68. The number of amides is 1. The summed E-state index contributed by atoms with van der Waals surface area (Å²) in [6, 6.07) is 16.4. The molecule has 1 unspecified atom stereocenters. The van der Waals surface area contributed by atoms with Crippen LogP contribution in [0.3, 0.4) is 0 Å². The van der Waals surface area contributed by atoms with Crippen LogP contribution in [0.2, 0.25) is 5.02 Å². The second-order valence-corrected chi connectivity index (χ2v) is 6.53. The molecule has 2 aromatic rings. The number of hydrogen-bond acceptors (Lipinski definition) is 4. The molecule has 1 N–H and O–H groups in total. The maximum Gasteiger partial charge on any atom is 0.256 e. The molecular weight excluding hydrogens is 354 g/mol. The smallest absolute Gasteiger partial charge is 0.256 e. The lowest BCUT2D eigenvalue weighted by atomic mass is 9.90. The maximum absolute atomic E-state index is 12.7. The predicted molar refractivity (Wildman–Crippen MR) is 95.5 cm³/mol. The molecule has 2 heterocycles. The van der Waals surface area contributed by atoms with Gasteiger partial charge in [-0.1, -0.05) is 54.1 Å². The van der Waals surface area contributed by atoms with Gasteiger partial charge in [0.1, 0.15) is 6.61 Å². The molecule has 2 aliphatic rings. The Morgan fingerprint density at radius 3 is 2.50 bits per heavy atom. The van der Waals surface area contributed by atoms with Crippen LogP contribution in [0.25, 0.3) is 0 Å². The summed E-state index contributed by atoms with van der Waals surface area (Å²) in [5, 5.41) is 12.2. The van der Waals surface area contributed by atoms with E-state index in [-0.39, 0.29) is 18.4 Å². The molecule has 0 spiro atoms. The summed E-state index contributed by atoms with van der Waals surface area (Å²) < 4.78 is 0. The number of carbonyl (C=O) groups is 1. The first-order valence-corrected chi connectivity index (χ1v) is 8.54. The fourth-order valence-corrected chi connectivity index (χ4v) is 3.36. The van der Waals surface area contributed by atoms with Crippen molar-refractivity contribution in [3.8, 4) is 0 Å². The molecule has 0 saturated carbocycles. The molecule has 0 bridgehead atoms. The highest BCUT2D eigenvalue weighted by atomic mass is 35.5. The monoisotopic (exact) mass is 369 g/mol. The van der Waals surface area contributed by atoms with Crippen molar-refractivity contribution in [1.29, 1.82) is 0 Å². The van der Waals surface area contributed by atoms with Gasteiger partial charge in [0.15, 0.2) is 5.72 Å². The molecule has 0 aliphatic carbocycles.